The predicted octanol–water partition coefficient (Wildman–Crippen LogP) is 4.41. The highest BCUT2D eigenvalue weighted by Crippen LogP contribution is 2.37. The second kappa shape index (κ2) is 8.81. The van der Waals surface area contributed by atoms with Gasteiger partial charge in [-0.05, 0) is 38.5 Å². The van der Waals surface area contributed by atoms with Gasteiger partial charge < -0.3 is 5.32 Å². The van der Waals surface area contributed by atoms with Crippen molar-refractivity contribution < 1.29 is 27.3 Å². The molecule has 0 aliphatic carbocycles. The van der Waals surface area contributed by atoms with Crippen LogP contribution in [-0.2, 0) is 24.1 Å². The second-order valence-corrected chi connectivity index (χ2v) is 7.59. The monoisotopic (exact) mass is 488 g/mol. The van der Waals surface area contributed by atoms with Gasteiger partial charge in [-0.2, -0.15) is 23.4 Å². The number of carbonyl (C=O) groups is 1. The number of hydrogen-bond donors (Lipinski definition) is 1. The molecular weight excluding hydrogens is 472 g/mol. The minimum absolute atomic E-state index is 0.182. The Morgan fingerprint density at radius 3 is 2.39 bits per heavy atom. The molecule has 1 N–H and O–H groups in total. The van der Waals surface area contributed by atoms with Crippen LogP contribution in [0.1, 0.15) is 28.3 Å². The van der Waals surface area contributed by atoms with Gasteiger partial charge in [-0.25, -0.2) is 4.39 Å². The number of amides is 1. The van der Waals surface area contributed by atoms with Gasteiger partial charge in [-0.15, -0.1) is 0 Å². The van der Waals surface area contributed by atoms with E-state index < -0.39 is 46.4 Å². The zero-order valence-electron chi connectivity index (χ0n) is 17.5. The molecule has 0 saturated heterocycles. The lowest BCUT2D eigenvalue weighted by molar-refractivity contribution is -0.388. The number of rotatable bonds is 6. The first-order chi connectivity index (χ1) is 15.3. The number of nitro groups is 1. The van der Waals surface area contributed by atoms with Crippen LogP contribution >= 0.6 is 11.6 Å². The van der Waals surface area contributed by atoms with E-state index in [-0.39, 0.29) is 11.6 Å². The van der Waals surface area contributed by atoms with Gasteiger partial charge in [0, 0.05) is 5.02 Å². The number of halogens is 5. The quantitative estimate of drug-likeness (QED) is 0.314. The summed E-state index contributed by atoms with van der Waals surface area (Å²) in [5.41, 5.74) is -1.45. The molecule has 0 aliphatic rings. The highest BCUT2D eigenvalue weighted by molar-refractivity contribution is 6.31. The lowest BCUT2D eigenvalue weighted by Crippen LogP contribution is -2.21. The van der Waals surface area contributed by atoms with Crippen molar-refractivity contribution in [1.82, 2.24) is 19.6 Å². The highest BCUT2D eigenvalue weighted by atomic mass is 35.5. The third-order valence-electron chi connectivity index (χ3n) is 4.90. The number of alkyl halides is 3. The molecule has 176 valence electrons. The van der Waals surface area contributed by atoms with E-state index in [9.17, 15) is 32.5 Å². The number of nitrogens with zero attached hydrogens (tertiary/aromatic N) is 5. The SMILES string of the molecule is Cc1nn(Cc2ccc(F)cc2Cl)c(C)c1NC(=O)Cn1nc(C(F)(F)F)c([N+](=O)[O-])c1C. The van der Waals surface area contributed by atoms with Crippen molar-refractivity contribution >= 4 is 28.9 Å². The Bertz CT molecular complexity index is 1250. The summed E-state index contributed by atoms with van der Waals surface area (Å²) in [5.74, 6) is -1.25. The summed E-state index contributed by atoms with van der Waals surface area (Å²) < 4.78 is 54.7. The molecule has 3 rings (SSSR count). The van der Waals surface area contributed by atoms with Crippen LogP contribution in [0.3, 0.4) is 0 Å². The minimum atomic E-state index is -5.05. The predicted molar refractivity (Wildman–Crippen MR) is 109 cm³/mol. The average Bonchev–Trinajstić information content (AvgIpc) is 3.15. The maximum Gasteiger partial charge on any atom is 0.442 e. The third-order valence-corrected chi connectivity index (χ3v) is 5.25. The van der Waals surface area contributed by atoms with Crippen LogP contribution in [0.25, 0.3) is 0 Å². The number of anilines is 1. The first-order valence-electron chi connectivity index (χ1n) is 9.36. The minimum Gasteiger partial charge on any atom is -0.321 e. The molecule has 0 unspecified atom stereocenters. The van der Waals surface area contributed by atoms with E-state index in [1.807, 2.05) is 0 Å². The molecule has 2 aromatic heterocycles. The van der Waals surface area contributed by atoms with Gasteiger partial charge in [-0.3, -0.25) is 24.3 Å². The molecular formula is C19H17ClF4N6O3. The molecule has 1 aromatic carbocycles. The summed E-state index contributed by atoms with van der Waals surface area (Å²) in [5, 5.41) is 21.4. The maximum absolute atomic E-state index is 13.3. The van der Waals surface area contributed by atoms with Gasteiger partial charge in [0.2, 0.25) is 11.6 Å². The molecule has 33 heavy (non-hydrogen) atoms. The molecule has 0 bridgehead atoms. The molecule has 2 heterocycles. The molecule has 0 spiro atoms. The van der Waals surface area contributed by atoms with Crippen LogP contribution < -0.4 is 5.32 Å². The summed E-state index contributed by atoms with van der Waals surface area (Å²) in [6.07, 6.45) is -5.05. The molecule has 0 radical (unpaired) electrons. The third kappa shape index (κ3) is 4.97. The molecule has 14 heteroatoms. The Labute approximate surface area is 189 Å². The normalized spacial score (nSPS) is 11.6. The van der Waals surface area contributed by atoms with Crippen LogP contribution in [0.15, 0.2) is 18.2 Å². The summed E-state index contributed by atoms with van der Waals surface area (Å²) in [4.78, 5) is 22.4. The first kappa shape index (κ1) is 24.2. The first-order valence-corrected chi connectivity index (χ1v) is 9.74. The van der Waals surface area contributed by atoms with Crippen molar-refractivity contribution in [3.05, 3.63) is 67.5 Å². The lowest BCUT2D eigenvalue weighted by atomic mass is 10.2. The van der Waals surface area contributed by atoms with Crippen molar-refractivity contribution in [3.63, 3.8) is 0 Å². The number of nitrogens with one attached hydrogen (secondary N) is 1. The van der Waals surface area contributed by atoms with Crippen molar-refractivity contribution in [2.75, 3.05) is 5.32 Å². The lowest BCUT2D eigenvalue weighted by Gasteiger charge is -2.09. The number of aromatic nitrogens is 4. The van der Waals surface area contributed by atoms with Gasteiger partial charge in [0.25, 0.3) is 0 Å². The van der Waals surface area contributed by atoms with E-state index in [0.717, 1.165) is 13.0 Å². The van der Waals surface area contributed by atoms with Gasteiger partial charge in [-0.1, -0.05) is 17.7 Å². The summed E-state index contributed by atoms with van der Waals surface area (Å²) in [6.45, 7) is 3.84. The molecule has 3 aromatic rings. The van der Waals surface area contributed by atoms with Crippen LogP contribution in [0.2, 0.25) is 5.02 Å². The number of carbonyl (C=O) groups excluding carboxylic acids is 1. The number of hydrogen-bond acceptors (Lipinski definition) is 5. The summed E-state index contributed by atoms with van der Waals surface area (Å²) >= 11 is 6.05. The zero-order valence-corrected chi connectivity index (χ0v) is 18.3. The fourth-order valence-corrected chi connectivity index (χ4v) is 3.49. The molecule has 0 fully saturated rings. The van der Waals surface area contributed by atoms with E-state index in [1.54, 1.807) is 13.8 Å². The van der Waals surface area contributed by atoms with Gasteiger partial charge in [0.05, 0.1) is 28.5 Å². The van der Waals surface area contributed by atoms with Gasteiger partial charge in [0.1, 0.15) is 18.1 Å². The molecule has 0 saturated carbocycles. The van der Waals surface area contributed by atoms with Crippen LogP contribution in [-0.4, -0.2) is 30.4 Å². The van der Waals surface area contributed by atoms with Gasteiger partial charge in [0.15, 0.2) is 0 Å². The van der Waals surface area contributed by atoms with Crippen LogP contribution in [0.5, 0.6) is 0 Å². The van der Waals surface area contributed by atoms with Crippen molar-refractivity contribution in [2.45, 2.75) is 40.0 Å². The Morgan fingerprint density at radius 1 is 1.18 bits per heavy atom. The van der Waals surface area contributed by atoms with E-state index in [1.165, 1.54) is 16.8 Å². The van der Waals surface area contributed by atoms with E-state index >= 15 is 0 Å². The Kier molecular flexibility index (Phi) is 6.45. The zero-order chi connectivity index (χ0) is 24.7. The largest absolute Gasteiger partial charge is 0.442 e. The Balaban J connectivity index is 1.82. The number of benzene rings is 1. The van der Waals surface area contributed by atoms with E-state index in [4.69, 9.17) is 11.6 Å². The second-order valence-electron chi connectivity index (χ2n) is 7.18. The van der Waals surface area contributed by atoms with Crippen molar-refractivity contribution in [1.29, 1.82) is 0 Å². The fraction of sp³-hybridized carbons (Fsp3) is 0.316. The van der Waals surface area contributed by atoms with Gasteiger partial charge >= 0.3 is 11.9 Å². The molecule has 9 nitrogen and oxygen atoms in total. The topological polar surface area (TPSA) is 108 Å². The molecule has 0 atom stereocenters. The maximum atomic E-state index is 13.3. The fourth-order valence-electron chi connectivity index (χ4n) is 3.26. The molecule has 1 amide bonds. The highest BCUT2D eigenvalue weighted by Gasteiger charge is 2.44. The van der Waals surface area contributed by atoms with Crippen molar-refractivity contribution in [3.8, 4) is 0 Å². The summed E-state index contributed by atoms with van der Waals surface area (Å²) in [6, 6.07) is 3.90. The van der Waals surface area contributed by atoms with Crippen LogP contribution in [0, 0.1) is 36.7 Å². The Hall–Kier alpha value is -3.48. The van der Waals surface area contributed by atoms with E-state index in [2.05, 4.69) is 15.5 Å². The molecule has 0 aliphatic heterocycles. The standard InChI is InChI=1S/C19H17ClF4N6O3/c1-9-16(10(2)28(26-9)7-12-4-5-13(21)6-14(12)20)25-15(31)8-29-11(3)17(30(32)33)18(27-29)19(22,23)24/h4-6H,7-8H2,1-3H3,(H,25,31). The van der Waals surface area contributed by atoms with Crippen LogP contribution in [0.4, 0.5) is 28.9 Å². The summed E-state index contributed by atoms with van der Waals surface area (Å²) in [7, 11) is 0. The Morgan fingerprint density at radius 2 is 1.85 bits per heavy atom. The van der Waals surface area contributed by atoms with Crippen molar-refractivity contribution in [2.24, 2.45) is 0 Å². The number of aryl methyl sites for hydroxylation is 1. The van der Waals surface area contributed by atoms with E-state index in [0.29, 0.717) is 27.3 Å². The smallest absolute Gasteiger partial charge is 0.321 e. The average molecular weight is 489 g/mol.